The first kappa shape index (κ1) is 13.2. The van der Waals surface area contributed by atoms with Crippen molar-refractivity contribution in [2.24, 2.45) is 0 Å². The minimum absolute atomic E-state index is 0.0858. The molecule has 0 aliphatic heterocycles. The van der Waals surface area contributed by atoms with E-state index in [1.165, 1.54) is 29.2 Å². The van der Waals surface area contributed by atoms with Gasteiger partial charge < -0.3 is 5.73 Å². The van der Waals surface area contributed by atoms with E-state index in [4.69, 9.17) is 5.73 Å². The highest BCUT2D eigenvalue weighted by Crippen LogP contribution is 2.37. The number of nitrogens with zero attached hydrogens (tertiary/aromatic N) is 2. The molecule has 0 saturated heterocycles. The molecule has 0 atom stereocenters. The van der Waals surface area contributed by atoms with Gasteiger partial charge in [-0.25, -0.2) is 0 Å². The molecule has 1 heterocycles. The van der Waals surface area contributed by atoms with Crippen LogP contribution in [0, 0.1) is 6.92 Å². The molecule has 3 nitrogen and oxygen atoms in total. The summed E-state index contributed by atoms with van der Waals surface area (Å²) in [5.41, 5.74) is 4.94. The number of aryl methyl sites for hydroxylation is 1. The van der Waals surface area contributed by atoms with Gasteiger partial charge in [-0.15, -0.1) is 10.2 Å². The zero-order valence-electron chi connectivity index (χ0n) is 9.15. The lowest BCUT2D eigenvalue weighted by Crippen LogP contribution is -2.05. The van der Waals surface area contributed by atoms with Gasteiger partial charge in [-0.2, -0.15) is 13.2 Å². The molecule has 0 saturated carbocycles. The molecular formula is C10H8F3N3S2. The minimum atomic E-state index is -4.38. The number of anilines is 1. The van der Waals surface area contributed by atoms with Gasteiger partial charge >= 0.3 is 6.18 Å². The molecule has 96 valence electrons. The zero-order valence-corrected chi connectivity index (χ0v) is 10.8. The predicted molar refractivity (Wildman–Crippen MR) is 64.6 cm³/mol. The first-order chi connectivity index (χ1) is 8.36. The summed E-state index contributed by atoms with van der Waals surface area (Å²) in [6.45, 7) is 1.80. The van der Waals surface area contributed by atoms with E-state index >= 15 is 0 Å². The molecule has 0 bridgehead atoms. The summed E-state index contributed by atoms with van der Waals surface area (Å²) in [4.78, 5) is 0.541. The summed E-state index contributed by atoms with van der Waals surface area (Å²) in [7, 11) is 0. The van der Waals surface area contributed by atoms with Crippen LogP contribution in [0.2, 0.25) is 0 Å². The molecule has 2 aromatic rings. The molecular weight excluding hydrogens is 283 g/mol. The number of nitrogen functional groups attached to an aromatic ring is 1. The van der Waals surface area contributed by atoms with Crippen molar-refractivity contribution in [3.05, 3.63) is 28.8 Å². The Morgan fingerprint density at radius 1 is 1.28 bits per heavy atom. The van der Waals surface area contributed by atoms with Gasteiger partial charge in [-0.3, -0.25) is 0 Å². The second-order valence-corrected chi connectivity index (χ2v) is 5.91. The number of aromatic nitrogens is 2. The van der Waals surface area contributed by atoms with Crippen LogP contribution in [0.25, 0.3) is 0 Å². The fourth-order valence-electron chi connectivity index (χ4n) is 1.23. The van der Waals surface area contributed by atoms with Crippen LogP contribution < -0.4 is 5.73 Å². The molecule has 1 aromatic carbocycles. The highest BCUT2D eigenvalue weighted by atomic mass is 32.2. The molecule has 2 rings (SSSR count). The Labute approximate surface area is 109 Å². The molecule has 0 amide bonds. The molecule has 18 heavy (non-hydrogen) atoms. The van der Waals surface area contributed by atoms with Crippen molar-refractivity contribution in [1.29, 1.82) is 0 Å². The van der Waals surface area contributed by atoms with Crippen molar-refractivity contribution >= 4 is 28.8 Å². The largest absolute Gasteiger partial charge is 0.416 e. The van der Waals surface area contributed by atoms with Crippen molar-refractivity contribution in [3.63, 3.8) is 0 Å². The Kier molecular flexibility index (Phi) is 3.49. The van der Waals surface area contributed by atoms with Crippen LogP contribution in [-0.4, -0.2) is 10.2 Å². The molecule has 0 aliphatic rings. The Morgan fingerprint density at radius 3 is 2.50 bits per heavy atom. The molecule has 1 aromatic heterocycles. The number of nitrogens with two attached hydrogens (primary N) is 1. The smallest absolute Gasteiger partial charge is 0.398 e. The second kappa shape index (κ2) is 4.77. The summed E-state index contributed by atoms with van der Waals surface area (Å²) in [6.07, 6.45) is -4.38. The lowest BCUT2D eigenvalue weighted by molar-refractivity contribution is -0.137. The number of benzene rings is 1. The van der Waals surface area contributed by atoms with E-state index in [0.29, 0.717) is 9.24 Å². The maximum absolute atomic E-state index is 12.4. The second-order valence-electron chi connectivity index (χ2n) is 3.44. The number of alkyl halides is 3. The van der Waals surface area contributed by atoms with Crippen molar-refractivity contribution < 1.29 is 13.2 Å². The van der Waals surface area contributed by atoms with Gasteiger partial charge in [0.2, 0.25) is 0 Å². The topological polar surface area (TPSA) is 51.8 Å². The van der Waals surface area contributed by atoms with Crippen molar-refractivity contribution in [2.45, 2.75) is 22.3 Å². The first-order valence-corrected chi connectivity index (χ1v) is 6.44. The van der Waals surface area contributed by atoms with Gasteiger partial charge in [-0.05, 0) is 25.1 Å². The van der Waals surface area contributed by atoms with Crippen LogP contribution >= 0.6 is 23.1 Å². The summed E-state index contributed by atoms with van der Waals surface area (Å²) in [5.74, 6) is 0. The van der Waals surface area contributed by atoms with E-state index in [9.17, 15) is 13.2 Å². The molecule has 0 unspecified atom stereocenters. The van der Waals surface area contributed by atoms with E-state index < -0.39 is 11.7 Å². The third kappa shape index (κ3) is 2.94. The number of rotatable bonds is 2. The molecule has 0 fully saturated rings. The van der Waals surface area contributed by atoms with Gasteiger partial charge in [0.15, 0.2) is 4.34 Å². The molecule has 2 N–H and O–H groups in total. The van der Waals surface area contributed by atoms with Crippen LogP contribution in [0.1, 0.15) is 10.6 Å². The van der Waals surface area contributed by atoms with Crippen LogP contribution in [-0.2, 0) is 6.18 Å². The highest BCUT2D eigenvalue weighted by molar-refractivity contribution is 8.01. The van der Waals surface area contributed by atoms with E-state index in [1.54, 1.807) is 6.92 Å². The quantitative estimate of drug-likeness (QED) is 0.859. The summed E-state index contributed by atoms with van der Waals surface area (Å²) in [5, 5.41) is 8.50. The lowest BCUT2D eigenvalue weighted by Gasteiger charge is -2.09. The highest BCUT2D eigenvalue weighted by Gasteiger charge is 2.30. The minimum Gasteiger partial charge on any atom is -0.398 e. The molecule has 0 radical (unpaired) electrons. The number of hydrogen-bond donors (Lipinski definition) is 1. The zero-order chi connectivity index (χ0) is 13.3. The average molecular weight is 291 g/mol. The SMILES string of the molecule is Cc1nnc(Sc2ccc(C(F)(F)F)cc2N)s1. The number of hydrogen-bond acceptors (Lipinski definition) is 5. The van der Waals surface area contributed by atoms with Crippen molar-refractivity contribution in [2.75, 3.05) is 5.73 Å². The standard InChI is InChI=1S/C10H8F3N3S2/c1-5-15-16-9(17-5)18-8-3-2-6(4-7(8)14)10(11,12)13/h2-4H,14H2,1H3. The predicted octanol–water partition coefficient (Wildman–Crippen LogP) is 3.60. The third-order valence-corrected chi connectivity index (χ3v) is 4.02. The Bertz CT molecular complexity index is 566. The van der Waals surface area contributed by atoms with Crippen molar-refractivity contribution in [3.8, 4) is 0 Å². The first-order valence-electron chi connectivity index (χ1n) is 4.81. The average Bonchev–Trinajstić information content (AvgIpc) is 2.65. The fraction of sp³-hybridized carbons (Fsp3) is 0.200. The van der Waals surface area contributed by atoms with Crippen molar-refractivity contribution in [1.82, 2.24) is 10.2 Å². The van der Waals surface area contributed by atoms with Crippen LogP contribution in [0.4, 0.5) is 18.9 Å². The van der Waals surface area contributed by atoms with Crippen LogP contribution in [0.3, 0.4) is 0 Å². The van der Waals surface area contributed by atoms with Gasteiger partial charge in [-0.1, -0.05) is 23.1 Å². The Hall–Kier alpha value is -1.28. The normalized spacial score (nSPS) is 11.8. The Balaban J connectivity index is 2.25. The van der Waals surface area contributed by atoms with Gasteiger partial charge in [0.05, 0.1) is 5.56 Å². The summed E-state index contributed by atoms with van der Waals surface area (Å²) >= 11 is 2.57. The fourth-order valence-corrected chi connectivity index (χ4v) is 3.03. The lowest BCUT2D eigenvalue weighted by atomic mass is 10.2. The van der Waals surface area contributed by atoms with Crippen LogP contribution in [0.5, 0.6) is 0 Å². The van der Waals surface area contributed by atoms with Gasteiger partial charge in [0, 0.05) is 10.6 Å². The maximum Gasteiger partial charge on any atom is 0.416 e. The third-order valence-electron chi connectivity index (χ3n) is 2.04. The molecule has 8 heteroatoms. The molecule has 0 aliphatic carbocycles. The van der Waals surface area contributed by atoms with E-state index in [2.05, 4.69) is 10.2 Å². The van der Waals surface area contributed by atoms with E-state index in [1.807, 2.05) is 0 Å². The Morgan fingerprint density at radius 2 is 2.00 bits per heavy atom. The maximum atomic E-state index is 12.4. The summed E-state index contributed by atoms with van der Waals surface area (Å²) < 4.78 is 38.0. The van der Waals surface area contributed by atoms with E-state index in [0.717, 1.165) is 17.1 Å². The van der Waals surface area contributed by atoms with Crippen LogP contribution in [0.15, 0.2) is 27.4 Å². The monoisotopic (exact) mass is 291 g/mol. The van der Waals surface area contributed by atoms with E-state index in [-0.39, 0.29) is 5.69 Å². The number of halogens is 3. The van der Waals surface area contributed by atoms with Gasteiger partial charge in [0.1, 0.15) is 5.01 Å². The summed E-state index contributed by atoms with van der Waals surface area (Å²) in [6, 6.07) is 3.28. The molecule has 0 spiro atoms. The van der Waals surface area contributed by atoms with Gasteiger partial charge in [0.25, 0.3) is 0 Å².